The number of pyridine rings is 1. The highest BCUT2D eigenvalue weighted by Gasteiger charge is 2.31. The minimum Gasteiger partial charge on any atom is -0.507 e. The smallest absolute Gasteiger partial charge is 0.355 e. The van der Waals surface area contributed by atoms with Gasteiger partial charge in [-0.25, -0.2) is 27.2 Å². The van der Waals surface area contributed by atoms with E-state index in [1.54, 1.807) is 29.2 Å². The van der Waals surface area contributed by atoms with Gasteiger partial charge in [0.1, 0.15) is 17.3 Å². The molecule has 2 aromatic heterocycles. The number of sulfone groups is 1. The summed E-state index contributed by atoms with van der Waals surface area (Å²) in [6, 6.07) is 10.7. The molecule has 2 aliphatic heterocycles. The van der Waals surface area contributed by atoms with Gasteiger partial charge in [-0.05, 0) is 61.6 Å². The zero-order valence-electron chi connectivity index (χ0n) is 23.7. The number of nitrogens with zero attached hydrogens (tertiary/aromatic N) is 5. The highest BCUT2D eigenvalue weighted by Crippen LogP contribution is 2.38. The number of anilines is 1. The summed E-state index contributed by atoms with van der Waals surface area (Å²) in [5.41, 5.74) is 0.707. The number of piperazine rings is 1. The molecule has 43 heavy (non-hydrogen) atoms. The van der Waals surface area contributed by atoms with Gasteiger partial charge in [-0.3, -0.25) is 4.79 Å². The van der Waals surface area contributed by atoms with Gasteiger partial charge in [-0.15, -0.1) is 0 Å². The molecule has 4 heterocycles. The molecular formula is C31H30FN5O5S. The highest BCUT2D eigenvalue weighted by molar-refractivity contribution is 7.90. The largest absolute Gasteiger partial charge is 0.507 e. The number of amides is 1. The molecule has 4 aromatic rings. The van der Waals surface area contributed by atoms with Crippen LogP contribution in [0, 0.1) is 5.82 Å². The van der Waals surface area contributed by atoms with Crippen LogP contribution in [-0.4, -0.2) is 70.8 Å². The van der Waals surface area contributed by atoms with E-state index in [0.29, 0.717) is 50.0 Å². The van der Waals surface area contributed by atoms with E-state index in [0.717, 1.165) is 10.8 Å². The predicted octanol–water partition coefficient (Wildman–Crippen LogP) is 3.41. The first-order valence-electron chi connectivity index (χ1n) is 13.9. The minimum atomic E-state index is -3.82. The Kier molecular flexibility index (Phi) is 7.04. The summed E-state index contributed by atoms with van der Waals surface area (Å²) < 4.78 is 43.3. The molecule has 1 N–H and O–H groups in total. The second kappa shape index (κ2) is 10.6. The lowest BCUT2D eigenvalue weighted by molar-refractivity contribution is -0.126. The van der Waals surface area contributed by atoms with Gasteiger partial charge in [0.15, 0.2) is 21.3 Å². The number of aromatic hydroxyl groups is 1. The fourth-order valence-electron chi connectivity index (χ4n) is 6.16. The van der Waals surface area contributed by atoms with Crippen molar-refractivity contribution in [1.29, 1.82) is 0 Å². The van der Waals surface area contributed by atoms with Gasteiger partial charge in [0, 0.05) is 37.5 Å². The lowest BCUT2D eigenvalue weighted by Crippen LogP contribution is -2.54. The maximum Gasteiger partial charge on any atom is 0.355 e. The predicted molar refractivity (Wildman–Crippen MR) is 161 cm³/mol. The number of hydrogen-bond donors (Lipinski definition) is 1. The Balaban J connectivity index is 1.70. The van der Waals surface area contributed by atoms with Crippen LogP contribution in [0.5, 0.6) is 5.75 Å². The van der Waals surface area contributed by atoms with Crippen molar-refractivity contribution in [2.75, 3.05) is 30.8 Å². The van der Waals surface area contributed by atoms with Gasteiger partial charge in [0.05, 0.1) is 16.0 Å². The Bertz CT molecular complexity index is 1990. The number of para-hydroxylation sites is 1. The van der Waals surface area contributed by atoms with Crippen molar-refractivity contribution in [3.05, 3.63) is 82.5 Å². The van der Waals surface area contributed by atoms with E-state index in [2.05, 4.69) is 16.5 Å². The van der Waals surface area contributed by atoms with Crippen molar-refractivity contribution in [3.8, 4) is 22.7 Å². The molecule has 12 heteroatoms. The van der Waals surface area contributed by atoms with Crippen LogP contribution in [0.15, 0.2) is 64.8 Å². The standard InChI is InChI=1S/C31H30FN5O5S/c1-4-25(39)35-14-15-36(18(2)17-35)29-21-16-22(32)27-26-19(9-6-12-23(26)38)8-5-10-20-11-7-13-24(43(3,41)42)28(20)37(30(21)33-27)31(40)34-29/h4,6-7,9,11-13,16,18,38H,1,5,8,10,14-15,17H2,2-3H3/t18-/m0/s1. The third-order valence-corrected chi connectivity index (χ3v) is 9.28. The number of halogens is 1. The van der Waals surface area contributed by atoms with Crippen LogP contribution in [0.4, 0.5) is 10.2 Å². The first kappa shape index (κ1) is 28.5. The maximum atomic E-state index is 16.1. The van der Waals surface area contributed by atoms with Gasteiger partial charge in [-0.1, -0.05) is 30.8 Å². The molecule has 6 rings (SSSR count). The van der Waals surface area contributed by atoms with E-state index >= 15 is 4.39 Å². The second-order valence-corrected chi connectivity index (χ2v) is 13.0. The van der Waals surface area contributed by atoms with E-state index in [4.69, 9.17) is 0 Å². The minimum absolute atomic E-state index is 0.0108. The fourth-order valence-corrected chi connectivity index (χ4v) is 7.06. The first-order valence-corrected chi connectivity index (χ1v) is 15.8. The number of phenolic OH excluding ortho intramolecular Hbond substituents is 1. The Morgan fingerprint density at radius 3 is 2.56 bits per heavy atom. The van der Waals surface area contributed by atoms with Crippen molar-refractivity contribution in [2.45, 2.75) is 37.1 Å². The Morgan fingerprint density at radius 1 is 1.12 bits per heavy atom. The van der Waals surface area contributed by atoms with E-state index in [-0.39, 0.29) is 56.4 Å². The monoisotopic (exact) mass is 603 g/mol. The number of carbonyl (C=O) groups is 1. The van der Waals surface area contributed by atoms with Crippen molar-refractivity contribution in [3.63, 3.8) is 0 Å². The van der Waals surface area contributed by atoms with Crippen LogP contribution in [0.2, 0.25) is 0 Å². The third-order valence-electron chi connectivity index (χ3n) is 8.15. The van der Waals surface area contributed by atoms with Gasteiger partial charge >= 0.3 is 5.69 Å². The quantitative estimate of drug-likeness (QED) is 0.353. The van der Waals surface area contributed by atoms with Crippen LogP contribution in [-0.2, 0) is 27.5 Å². The molecule has 2 aliphatic rings. The lowest BCUT2D eigenvalue weighted by atomic mass is 9.96. The molecule has 1 saturated heterocycles. The summed E-state index contributed by atoms with van der Waals surface area (Å²) in [4.78, 5) is 38.8. The molecule has 1 atom stereocenters. The Morgan fingerprint density at radius 2 is 1.84 bits per heavy atom. The number of hydrogen-bond acceptors (Lipinski definition) is 8. The highest BCUT2D eigenvalue weighted by atomic mass is 32.2. The molecule has 2 aromatic carbocycles. The number of aromatic nitrogens is 3. The fraction of sp³-hybridized carbons (Fsp3) is 0.290. The molecule has 0 radical (unpaired) electrons. The number of aryl methyl sites for hydroxylation is 2. The number of benzene rings is 2. The van der Waals surface area contributed by atoms with E-state index in [9.17, 15) is 23.1 Å². The van der Waals surface area contributed by atoms with Gasteiger partial charge in [0.25, 0.3) is 0 Å². The van der Waals surface area contributed by atoms with Crippen molar-refractivity contribution in [1.82, 2.24) is 19.4 Å². The van der Waals surface area contributed by atoms with Crippen molar-refractivity contribution < 1.29 is 22.7 Å². The average Bonchev–Trinajstić information content (AvgIpc) is 2.98. The summed E-state index contributed by atoms with van der Waals surface area (Å²) in [5.74, 6) is -0.923. The van der Waals surface area contributed by atoms with Crippen LogP contribution in [0.3, 0.4) is 0 Å². The van der Waals surface area contributed by atoms with Crippen LogP contribution < -0.4 is 10.6 Å². The number of carbonyl (C=O) groups excluding carboxylic acids is 1. The van der Waals surface area contributed by atoms with E-state index in [1.165, 1.54) is 24.3 Å². The second-order valence-electron chi connectivity index (χ2n) is 11.0. The average molecular weight is 604 g/mol. The van der Waals surface area contributed by atoms with E-state index < -0.39 is 21.3 Å². The number of rotatable bonds is 3. The van der Waals surface area contributed by atoms with E-state index in [1.807, 2.05) is 11.8 Å². The molecule has 0 unspecified atom stereocenters. The summed E-state index contributed by atoms with van der Waals surface area (Å²) in [5, 5.41) is 11.1. The van der Waals surface area contributed by atoms with Crippen molar-refractivity contribution in [2.24, 2.45) is 0 Å². The molecule has 1 fully saturated rings. The normalized spacial score (nSPS) is 16.9. The summed E-state index contributed by atoms with van der Waals surface area (Å²) in [6.45, 7) is 6.39. The SMILES string of the molecule is C=CC(=O)N1CCN(c2nc(=O)n3c4nc(c(F)cc24)-c2c(O)cccc2CCCc2cccc(S(C)(=O)=O)c2-3)[C@@H](C)C1. The third kappa shape index (κ3) is 4.85. The molecule has 0 saturated carbocycles. The molecule has 2 bridgehead atoms. The molecule has 1 amide bonds. The van der Waals surface area contributed by atoms with Crippen molar-refractivity contribution >= 4 is 32.6 Å². The zero-order chi connectivity index (χ0) is 30.6. The number of phenols is 1. The van der Waals surface area contributed by atoms with Crippen LogP contribution in [0.1, 0.15) is 24.5 Å². The molecule has 0 spiro atoms. The molecule has 222 valence electrons. The summed E-state index contributed by atoms with van der Waals surface area (Å²) >= 11 is 0. The Hall–Kier alpha value is -4.58. The lowest BCUT2D eigenvalue weighted by Gasteiger charge is -2.40. The topological polar surface area (TPSA) is 126 Å². The van der Waals surface area contributed by atoms with Gasteiger partial charge in [-0.2, -0.15) is 4.98 Å². The van der Waals surface area contributed by atoms with Crippen LogP contribution in [0.25, 0.3) is 28.0 Å². The molecule has 10 nitrogen and oxygen atoms in total. The summed E-state index contributed by atoms with van der Waals surface area (Å²) in [6.07, 6.45) is 3.70. The summed E-state index contributed by atoms with van der Waals surface area (Å²) in [7, 11) is -3.82. The molecular weight excluding hydrogens is 573 g/mol. The number of fused-ring (bicyclic) bond motifs is 5. The van der Waals surface area contributed by atoms with Gasteiger partial charge < -0.3 is 14.9 Å². The van der Waals surface area contributed by atoms with Gasteiger partial charge in [0.2, 0.25) is 5.91 Å². The maximum absolute atomic E-state index is 16.1. The zero-order valence-corrected chi connectivity index (χ0v) is 24.6. The molecule has 0 aliphatic carbocycles. The first-order chi connectivity index (χ1) is 20.5. The Labute approximate surface area is 247 Å². The van der Waals surface area contributed by atoms with Crippen LogP contribution >= 0.6 is 0 Å².